The van der Waals surface area contributed by atoms with Gasteiger partial charge in [0.25, 0.3) is 0 Å². The second kappa shape index (κ2) is 6.96. The zero-order valence-electron chi connectivity index (χ0n) is 11.6. The first-order valence-corrected chi connectivity index (χ1v) is 6.86. The predicted octanol–water partition coefficient (Wildman–Crippen LogP) is 2.39. The smallest absolute Gasteiger partial charge is 0.315 e. The Kier molecular flexibility index (Phi) is 5.01. The Hall–Kier alpha value is -2.01. The van der Waals surface area contributed by atoms with Crippen LogP contribution in [0, 0.1) is 0 Å². The fourth-order valence-electron chi connectivity index (χ4n) is 1.91. The monoisotopic (exact) mass is 276 g/mol. The highest BCUT2D eigenvalue weighted by Gasteiger charge is 2.06. The molecule has 0 saturated carbocycles. The van der Waals surface area contributed by atoms with E-state index in [1.165, 1.54) is 0 Å². The van der Waals surface area contributed by atoms with E-state index in [9.17, 15) is 9.90 Å². The molecular weight excluding hydrogens is 256 g/mol. The van der Waals surface area contributed by atoms with Crippen LogP contribution in [0.4, 0.5) is 4.79 Å². The van der Waals surface area contributed by atoms with Gasteiger partial charge in [0.1, 0.15) is 11.3 Å². The van der Waals surface area contributed by atoms with E-state index in [-0.39, 0.29) is 12.1 Å². The number of amides is 2. The predicted molar refractivity (Wildman–Crippen MR) is 77.4 cm³/mol. The quantitative estimate of drug-likeness (QED) is 0.758. The van der Waals surface area contributed by atoms with E-state index in [0.717, 1.165) is 16.7 Å². The maximum atomic E-state index is 11.6. The number of benzene rings is 1. The summed E-state index contributed by atoms with van der Waals surface area (Å²) in [6.45, 7) is 2.71. The van der Waals surface area contributed by atoms with Crippen LogP contribution in [0.3, 0.4) is 0 Å². The van der Waals surface area contributed by atoms with Gasteiger partial charge < -0.3 is 20.2 Å². The number of aliphatic hydroxyl groups is 1. The minimum Gasteiger partial charge on any atom is -0.459 e. The summed E-state index contributed by atoms with van der Waals surface area (Å²) >= 11 is 0. The molecule has 20 heavy (non-hydrogen) atoms. The Morgan fingerprint density at radius 1 is 1.35 bits per heavy atom. The molecule has 0 aliphatic carbocycles. The molecule has 0 bridgehead atoms. The maximum absolute atomic E-state index is 11.6. The number of rotatable bonds is 6. The van der Waals surface area contributed by atoms with Crippen molar-refractivity contribution >= 4 is 17.0 Å². The number of hydrogen-bond donors (Lipinski definition) is 3. The van der Waals surface area contributed by atoms with Crippen LogP contribution in [0.15, 0.2) is 34.7 Å². The second-order valence-corrected chi connectivity index (χ2v) is 4.71. The number of aliphatic hydroxyl groups excluding tert-OH is 1. The number of nitrogens with one attached hydrogen (secondary N) is 2. The van der Waals surface area contributed by atoms with Gasteiger partial charge >= 0.3 is 6.03 Å². The molecule has 5 nitrogen and oxygen atoms in total. The van der Waals surface area contributed by atoms with Crippen LogP contribution in [-0.2, 0) is 6.54 Å². The zero-order chi connectivity index (χ0) is 14.4. The first-order chi connectivity index (χ1) is 9.69. The molecule has 2 aromatic rings. The lowest BCUT2D eigenvalue weighted by Crippen LogP contribution is -2.36. The largest absolute Gasteiger partial charge is 0.459 e. The average Bonchev–Trinajstić information content (AvgIpc) is 2.87. The van der Waals surface area contributed by atoms with Crippen LogP contribution in [0.5, 0.6) is 0 Å². The summed E-state index contributed by atoms with van der Waals surface area (Å²) in [5.41, 5.74) is 0.816. The van der Waals surface area contributed by atoms with Crippen molar-refractivity contribution < 1.29 is 14.3 Å². The van der Waals surface area contributed by atoms with Gasteiger partial charge in [0.2, 0.25) is 0 Å². The molecule has 0 aliphatic rings. The van der Waals surface area contributed by atoms with Crippen LogP contribution in [0.1, 0.15) is 25.5 Å². The van der Waals surface area contributed by atoms with Gasteiger partial charge in [0, 0.05) is 11.9 Å². The van der Waals surface area contributed by atoms with E-state index in [1.54, 1.807) is 0 Å². The number of para-hydroxylation sites is 1. The SMILES string of the molecule is CCC(O)CCNC(=O)NCc1cc2ccccc2o1. The summed E-state index contributed by atoms with van der Waals surface area (Å²) in [5, 5.41) is 15.8. The summed E-state index contributed by atoms with van der Waals surface area (Å²) in [5.74, 6) is 0.718. The molecule has 5 heteroatoms. The van der Waals surface area contributed by atoms with Crippen LogP contribution in [0.2, 0.25) is 0 Å². The molecular formula is C15H20N2O3. The third-order valence-corrected chi connectivity index (χ3v) is 3.13. The van der Waals surface area contributed by atoms with E-state index in [2.05, 4.69) is 10.6 Å². The Morgan fingerprint density at radius 3 is 2.90 bits per heavy atom. The summed E-state index contributed by atoms with van der Waals surface area (Å²) in [7, 11) is 0. The number of furan rings is 1. The fourth-order valence-corrected chi connectivity index (χ4v) is 1.91. The van der Waals surface area contributed by atoms with Crippen molar-refractivity contribution in [3.8, 4) is 0 Å². The molecule has 1 unspecified atom stereocenters. The molecule has 1 aromatic heterocycles. The molecule has 0 radical (unpaired) electrons. The van der Waals surface area contributed by atoms with Gasteiger partial charge in [-0.05, 0) is 25.0 Å². The van der Waals surface area contributed by atoms with Gasteiger partial charge in [-0.3, -0.25) is 0 Å². The lowest BCUT2D eigenvalue weighted by molar-refractivity contribution is 0.160. The second-order valence-electron chi connectivity index (χ2n) is 4.71. The maximum Gasteiger partial charge on any atom is 0.315 e. The van der Waals surface area contributed by atoms with Crippen molar-refractivity contribution in [2.24, 2.45) is 0 Å². The zero-order valence-corrected chi connectivity index (χ0v) is 11.6. The van der Waals surface area contributed by atoms with Gasteiger partial charge in [0.05, 0.1) is 12.6 Å². The molecule has 2 rings (SSSR count). The number of carbonyl (C=O) groups excluding carboxylic acids is 1. The normalized spacial score (nSPS) is 12.3. The van der Waals surface area contributed by atoms with Crippen molar-refractivity contribution in [1.29, 1.82) is 0 Å². The topological polar surface area (TPSA) is 74.5 Å². The van der Waals surface area contributed by atoms with E-state index in [4.69, 9.17) is 4.42 Å². The summed E-state index contributed by atoms with van der Waals surface area (Å²) in [6.07, 6.45) is 0.905. The minimum absolute atomic E-state index is 0.256. The molecule has 1 aromatic carbocycles. The van der Waals surface area contributed by atoms with Crippen LogP contribution >= 0.6 is 0 Å². The molecule has 0 saturated heterocycles. The van der Waals surface area contributed by atoms with Gasteiger partial charge in [-0.15, -0.1) is 0 Å². The molecule has 1 heterocycles. The number of fused-ring (bicyclic) bond motifs is 1. The Morgan fingerprint density at radius 2 is 2.15 bits per heavy atom. The number of carbonyl (C=O) groups is 1. The van der Waals surface area contributed by atoms with Crippen LogP contribution in [-0.4, -0.2) is 23.8 Å². The average molecular weight is 276 g/mol. The Balaban J connectivity index is 1.75. The highest BCUT2D eigenvalue weighted by Crippen LogP contribution is 2.18. The van der Waals surface area contributed by atoms with Gasteiger partial charge in [-0.25, -0.2) is 4.79 Å². The van der Waals surface area contributed by atoms with Crippen molar-refractivity contribution in [2.45, 2.75) is 32.4 Å². The van der Waals surface area contributed by atoms with E-state index in [0.29, 0.717) is 25.9 Å². The Bertz CT molecular complexity index is 532. The fraction of sp³-hybridized carbons (Fsp3) is 0.400. The Labute approximate surface area is 118 Å². The molecule has 108 valence electrons. The van der Waals surface area contributed by atoms with Gasteiger partial charge in [-0.2, -0.15) is 0 Å². The first kappa shape index (κ1) is 14.4. The lowest BCUT2D eigenvalue weighted by Gasteiger charge is -2.09. The van der Waals surface area contributed by atoms with E-state index < -0.39 is 0 Å². The van der Waals surface area contributed by atoms with Gasteiger partial charge in [-0.1, -0.05) is 25.1 Å². The third kappa shape index (κ3) is 3.99. The van der Waals surface area contributed by atoms with Crippen molar-refractivity contribution in [3.63, 3.8) is 0 Å². The van der Waals surface area contributed by atoms with E-state index >= 15 is 0 Å². The molecule has 0 aliphatic heterocycles. The highest BCUT2D eigenvalue weighted by molar-refractivity contribution is 5.78. The molecule has 3 N–H and O–H groups in total. The highest BCUT2D eigenvalue weighted by atomic mass is 16.3. The van der Waals surface area contributed by atoms with Crippen LogP contribution in [0.25, 0.3) is 11.0 Å². The van der Waals surface area contributed by atoms with Crippen molar-refractivity contribution in [3.05, 3.63) is 36.1 Å². The lowest BCUT2D eigenvalue weighted by atomic mass is 10.2. The molecule has 0 fully saturated rings. The molecule has 2 amide bonds. The number of hydrogen-bond acceptors (Lipinski definition) is 3. The van der Waals surface area contributed by atoms with Crippen LogP contribution < -0.4 is 10.6 Å². The van der Waals surface area contributed by atoms with Crippen molar-refractivity contribution in [2.75, 3.05) is 6.54 Å². The van der Waals surface area contributed by atoms with E-state index in [1.807, 2.05) is 37.3 Å². The minimum atomic E-state index is -0.356. The summed E-state index contributed by atoms with van der Waals surface area (Å²) in [6, 6.07) is 9.37. The number of urea groups is 1. The van der Waals surface area contributed by atoms with Gasteiger partial charge in [0.15, 0.2) is 0 Å². The standard InChI is InChI=1S/C15H20N2O3/c1-2-12(18)7-8-16-15(19)17-10-13-9-11-5-3-4-6-14(11)20-13/h3-6,9,12,18H,2,7-8,10H2,1H3,(H2,16,17,19). The third-order valence-electron chi connectivity index (χ3n) is 3.13. The van der Waals surface area contributed by atoms with Crippen molar-refractivity contribution in [1.82, 2.24) is 10.6 Å². The summed E-state index contributed by atoms with van der Waals surface area (Å²) < 4.78 is 5.60. The first-order valence-electron chi connectivity index (χ1n) is 6.86. The molecule has 0 spiro atoms. The molecule has 1 atom stereocenters. The summed E-state index contributed by atoms with van der Waals surface area (Å²) in [4.78, 5) is 11.6.